The van der Waals surface area contributed by atoms with Gasteiger partial charge in [0.2, 0.25) is 0 Å². The number of aromatic hydroxyl groups is 2. The third-order valence-corrected chi connectivity index (χ3v) is 13.9. The molecule has 78 heavy (non-hydrogen) atoms. The summed E-state index contributed by atoms with van der Waals surface area (Å²) in [4.78, 5) is 40.8. The van der Waals surface area contributed by atoms with Gasteiger partial charge in [-0.1, -0.05) is 157 Å². The molecule has 0 bridgehead atoms. The number of nitrogens with one attached hydrogen (secondary N) is 2. The van der Waals surface area contributed by atoms with E-state index in [2.05, 4.69) is 31.1 Å². The number of phenolic OH excluding ortho intramolecular Hbond substituents is 2. The quantitative estimate of drug-likeness (QED) is 0.0705. The second kappa shape index (κ2) is 21.1. The van der Waals surface area contributed by atoms with Crippen LogP contribution >= 0.6 is 0 Å². The third-order valence-electron chi connectivity index (χ3n) is 13.9. The van der Waals surface area contributed by atoms with Crippen molar-refractivity contribution in [1.29, 1.82) is 0 Å². The first kappa shape index (κ1) is 49.8. The third kappa shape index (κ3) is 10.2. The minimum Gasteiger partial charge on any atom is -0.505 e. The van der Waals surface area contributed by atoms with Crippen LogP contribution < -0.4 is 10.6 Å². The molecular formula is C67H50N6O5. The molecule has 1 aliphatic rings. The van der Waals surface area contributed by atoms with Gasteiger partial charge in [-0.15, -0.1) is 10.2 Å². The lowest BCUT2D eigenvalue weighted by atomic mass is 10.0. The number of ketones is 1. The first-order valence-electron chi connectivity index (χ1n) is 25.3. The second-order valence-electron chi connectivity index (χ2n) is 19.4. The molecule has 0 atom stereocenters. The van der Waals surface area contributed by atoms with Crippen LogP contribution in [0.15, 0.2) is 202 Å². The first-order valence-corrected chi connectivity index (χ1v) is 25.3. The van der Waals surface area contributed by atoms with Gasteiger partial charge in [0, 0.05) is 33.3 Å². The Hall–Kier alpha value is -10.4. The normalized spacial score (nSPS) is 12.1. The number of hydrogen-bond acceptors (Lipinski definition) is 9. The van der Waals surface area contributed by atoms with Crippen molar-refractivity contribution in [2.75, 3.05) is 10.6 Å². The molecule has 0 heterocycles. The number of rotatable bonds is 12. The summed E-state index contributed by atoms with van der Waals surface area (Å²) < 4.78 is 0. The number of carbonyl (C=O) groups is 3. The van der Waals surface area contributed by atoms with E-state index in [-0.39, 0.29) is 39.8 Å². The van der Waals surface area contributed by atoms with Crippen molar-refractivity contribution in [2.24, 2.45) is 20.5 Å². The van der Waals surface area contributed by atoms with E-state index in [0.29, 0.717) is 44.6 Å². The summed E-state index contributed by atoms with van der Waals surface area (Å²) in [6.45, 7) is 7.82. The summed E-state index contributed by atoms with van der Waals surface area (Å²) in [5, 5.41) is 49.2. The maximum absolute atomic E-state index is 13.9. The molecule has 10 aromatic carbocycles. The minimum absolute atomic E-state index is 0.0346. The number of benzene rings is 10. The number of azo groups is 2. The van der Waals surface area contributed by atoms with Crippen molar-refractivity contribution in [1.82, 2.24) is 0 Å². The lowest BCUT2D eigenvalue weighted by molar-refractivity contribution is 0.101. The van der Waals surface area contributed by atoms with E-state index in [0.717, 1.165) is 66.4 Å². The molecule has 0 radical (unpaired) electrons. The molecule has 11 nitrogen and oxygen atoms in total. The van der Waals surface area contributed by atoms with Crippen molar-refractivity contribution < 1.29 is 24.6 Å². The van der Waals surface area contributed by atoms with Crippen LogP contribution in [0.3, 0.4) is 0 Å². The van der Waals surface area contributed by atoms with Crippen LogP contribution in [0, 0.1) is 27.7 Å². The number of hydrogen-bond donors (Lipinski definition) is 4. The topological polar surface area (TPSA) is 165 Å². The van der Waals surface area contributed by atoms with Crippen molar-refractivity contribution >= 4 is 97.6 Å². The molecule has 2 amide bonds. The summed E-state index contributed by atoms with van der Waals surface area (Å²) in [6, 6.07) is 56.4. The van der Waals surface area contributed by atoms with Gasteiger partial charge >= 0.3 is 0 Å². The predicted molar refractivity (Wildman–Crippen MR) is 313 cm³/mol. The monoisotopic (exact) mass is 1020 g/mol. The fourth-order valence-electron chi connectivity index (χ4n) is 9.70. The number of nitrogens with zero attached hydrogens (tertiary/aromatic N) is 4. The fourth-order valence-corrected chi connectivity index (χ4v) is 9.70. The molecule has 0 spiro atoms. The lowest BCUT2D eigenvalue weighted by Crippen LogP contribution is -2.13. The van der Waals surface area contributed by atoms with Crippen LogP contribution in [0.2, 0.25) is 0 Å². The number of carbonyl (C=O) groups excluding carboxylic acids is 3. The van der Waals surface area contributed by atoms with E-state index < -0.39 is 11.8 Å². The zero-order valence-electron chi connectivity index (χ0n) is 43.0. The van der Waals surface area contributed by atoms with Gasteiger partial charge in [-0.3, -0.25) is 14.4 Å². The second-order valence-corrected chi connectivity index (χ2v) is 19.4. The molecule has 0 fully saturated rings. The van der Waals surface area contributed by atoms with Gasteiger partial charge in [-0.05, 0) is 144 Å². The van der Waals surface area contributed by atoms with Crippen LogP contribution in [0.5, 0.6) is 11.5 Å². The highest BCUT2D eigenvalue weighted by molar-refractivity contribution is 6.22. The molecule has 0 saturated heterocycles. The SMILES string of the molecule is Cc1ccc(NC(=O)c2cc3ccccc3c(N=Nc3ccc(C=Cc4ccc5c(c4)C(=O)c4cc(C=Cc6ccc(N=Nc7c(O)c(C(=O)Nc8ccc(C)cc8C)cc8ccccc78)cc6)ccc4-5)cc3)c2O)c(C)c1. The van der Waals surface area contributed by atoms with Gasteiger partial charge in [0.15, 0.2) is 17.3 Å². The average molecular weight is 1020 g/mol. The van der Waals surface area contributed by atoms with Gasteiger partial charge in [-0.25, -0.2) is 0 Å². The summed E-state index contributed by atoms with van der Waals surface area (Å²) >= 11 is 0. The molecule has 11 rings (SSSR count). The molecule has 0 aliphatic heterocycles. The van der Waals surface area contributed by atoms with Crippen LogP contribution in [-0.4, -0.2) is 27.8 Å². The number of aryl methyl sites for hydroxylation is 4. The fraction of sp³-hybridized carbons (Fsp3) is 0.0597. The van der Waals surface area contributed by atoms with Crippen LogP contribution in [-0.2, 0) is 0 Å². The maximum atomic E-state index is 13.9. The first-order chi connectivity index (χ1) is 37.8. The summed E-state index contributed by atoms with van der Waals surface area (Å²) in [6.07, 6.45) is 7.86. The van der Waals surface area contributed by atoms with Gasteiger partial charge < -0.3 is 20.8 Å². The van der Waals surface area contributed by atoms with Gasteiger partial charge in [-0.2, -0.15) is 10.2 Å². The maximum Gasteiger partial charge on any atom is 0.259 e. The summed E-state index contributed by atoms with van der Waals surface area (Å²) in [5.41, 5.74) is 13.6. The Balaban J connectivity index is 0.740. The molecule has 4 N–H and O–H groups in total. The largest absolute Gasteiger partial charge is 0.505 e. The molecule has 10 aromatic rings. The van der Waals surface area contributed by atoms with Gasteiger partial charge in [0.1, 0.15) is 11.4 Å². The minimum atomic E-state index is -0.451. The Morgan fingerprint density at radius 2 is 0.795 bits per heavy atom. The van der Waals surface area contributed by atoms with Gasteiger partial charge in [0.05, 0.1) is 22.5 Å². The Morgan fingerprint density at radius 3 is 1.21 bits per heavy atom. The Morgan fingerprint density at radius 1 is 0.410 bits per heavy atom. The van der Waals surface area contributed by atoms with E-state index in [9.17, 15) is 24.6 Å². The van der Waals surface area contributed by atoms with Crippen LogP contribution in [0.1, 0.15) is 81.1 Å². The number of amides is 2. The van der Waals surface area contributed by atoms with E-state index in [1.54, 1.807) is 12.1 Å². The molecule has 11 heteroatoms. The standard InChI is InChI=1S/C67H50N6O5/c1-39-13-31-59(41(3)33-39)68-66(77)57-37-47-9-5-7-11-51(47)61(64(57)75)72-70-49-25-19-43(20-26-49)15-17-45-23-29-53-54-30-24-46(36-56(54)63(74)55(53)35-45)18-16-44-21-27-50(28-22-44)71-73-62-52-12-8-6-10-48(52)38-58(65(62)76)67(78)69-60-32-14-40(2)34-42(60)4/h5-38,75-76H,1-4H3,(H,68,77)(H,69,78). The Bertz CT molecular complexity index is 3940. The number of anilines is 2. The zero-order chi connectivity index (χ0) is 54.0. The van der Waals surface area contributed by atoms with Gasteiger partial charge in [0.25, 0.3) is 11.8 Å². The van der Waals surface area contributed by atoms with Crippen LogP contribution in [0.25, 0.3) is 57.0 Å². The summed E-state index contributed by atoms with van der Waals surface area (Å²) in [7, 11) is 0. The molecule has 1 aliphatic carbocycles. The van der Waals surface area contributed by atoms with E-state index in [1.807, 2.05) is 222 Å². The number of phenols is 2. The molecule has 0 unspecified atom stereocenters. The highest BCUT2D eigenvalue weighted by Gasteiger charge is 2.27. The summed E-state index contributed by atoms with van der Waals surface area (Å²) in [5.74, 6) is -1.46. The highest BCUT2D eigenvalue weighted by atomic mass is 16.3. The van der Waals surface area contributed by atoms with E-state index in [1.165, 1.54) is 0 Å². The molecule has 378 valence electrons. The zero-order valence-corrected chi connectivity index (χ0v) is 43.0. The van der Waals surface area contributed by atoms with E-state index in [4.69, 9.17) is 0 Å². The highest BCUT2D eigenvalue weighted by Crippen LogP contribution is 2.42. The Kier molecular flexibility index (Phi) is 13.5. The van der Waals surface area contributed by atoms with Crippen LogP contribution in [0.4, 0.5) is 34.1 Å². The predicted octanol–water partition coefficient (Wildman–Crippen LogP) is 17.5. The molecular weight excluding hydrogens is 969 g/mol. The van der Waals surface area contributed by atoms with Crippen molar-refractivity contribution in [3.05, 3.63) is 249 Å². The smallest absolute Gasteiger partial charge is 0.259 e. The van der Waals surface area contributed by atoms with E-state index >= 15 is 0 Å². The Labute approximate surface area is 450 Å². The van der Waals surface area contributed by atoms with Crippen molar-refractivity contribution in [2.45, 2.75) is 27.7 Å². The van der Waals surface area contributed by atoms with Crippen molar-refractivity contribution in [3.63, 3.8) is 0 Å². The molecule has 0 saturated carbocycles. The average Bonchev–Trinajstić information content (AvgIpc) is 3.72. The lowest BCUT2D eigenvalue weighted by Gasteiger charge is -2.12. The number of fused-ring (bicyclic) bond motifs is 5. The van der Waals surface area contributed by atoms with Crippen molar-refractivity contribution in [3.8, 4) is 22.6 Å². The molecule has 0 aromatic heterocycles.